The highest BCUT2D eigenvalue weighted by Crippen LogP contribution is 2.39. The Morgan fingerprint density at radius 3 is 2.14 bits per heavy atom. The third kappa shape index (κ3) is 4.63. The largest absolute Gasteiger partial charge is 0.243 e. The van der Waals surface area contributed by atoms with Crippen LogP contribution in [0.25, 0.3) is 0 Å². The van der Waals surface area contributed by atoms with E-state index in [1.54, 1.807) is 21.6 Å². The first-order chi connectivity index (χ1) is 13.3. The van der Waals surface area contributed by atoms with E-state index < -0.39 is 18.1 Å². The van der Waals surface area contributed by atoms with E-state index in [0.29, 0.717) is 23.9 Å². The van der Waals surface area contributed by atoms with Crippen LogP contribution in [0.4, 0.5) is 0 Å². The topological polar surface area (TPSA) is 37.4 Å². The van der Waals surface area contributed by atoms with E-state index in [1.165, 1.54) is 36.5 Å². The van der Waals surface area contributed by atoms with Gasteiger partial charge in [-0.15, -0.1) is 0 Å². The Kier molecular flexibility index (Phi) is 8.12. The van der Waals surface area contributed by atoms with E-state index in [2.05, 4.69) is 34.6 Å². The van der Waals surface area contributed by atoms with Gasteiger partial charge in [-0.1, -0.05) is 94.1 Å². The Hall–Kier alpha value is -0.913. The summed E-state index contributed by atoms with van der Waals surface area (Å²) in [6.07, 6.45) is 3.57. The lowest BCUT2D eigenvalue weighted by atomic mass is 10.0. The average Bonchev–Trinajstić information content (AvgIpc) is 3.08. The fourth-order valence-corrected chi connectivity index (χ4v) is 10.8. The zero-order chi connectivity index (χ0) is 20.9. The Morgan fingerprint density at radius 2 is 1.64 bits per heavy atom. The number of benzene rings is 1. The first kappa shape index (κ1) is 23.4. The van der Waals surface area contributed by atoms with Crippen molar-refractivity contribution in [3.8, 4) is 0 Å². The van der Waals surface area contributed by atoms with Crippen LogP contribution in [0.15, 0.2) is 39.9 Å². The van der Waals surface area contributed by atoms with E-state index in [1.807, 2.05) is 19.1 Å². The van der Waals surface area contributed by atoms with Crippen molar-refractivity contribution >= 4 is 18.1 Å². The molecule has 0 aliphatic carbocycles. The zero-order valence-electron chi connectivity index (χ0n) is 18.7. The second-order valence-electron chi connectivity index (χ2n) is 8.46. The van der Waals surface area contributed by atoms with Crippen molar-refractivity contribution in [2.45, 2.75) is 83.8 Å². The molecule has 2 rings (SSSR count). The summed E-state index contributed by atoms with van der Waals surface area (Å²) in [7, 11) is -4.93. The van der Waals surface area contributed by atoms with Crippen LogP contribution in [0.2, 0.25) is 18.1 Å². The van der Waals surface area contributed by atoms with E-state index in [9.17, 15) is 8.42 Å². The standard InChI is InChI=1S/C23H39NO2SSi/c1-7-11-12-23(28(8-2,9-3)10-4)22-18-24(17-20(22)6)27(25,26)21-15-13-19(5)14-16-21/h13-16,20H,7-12,17-18H2,1-6H3/b23-22-. The van der Waals surface area contributed by atoms with Crippen molar-refractivity contribution in [2.24, 2.45) is 5.92 Å². The van der Waals surface area contributed by atoms with Gasteiger partial charge in [-0.3, -0.25) is 0 Å². The molecule has 1 aliphatic rings. The van der Waals surface area contributed by atoms with Crippen LogP contribution in [0.3, 0.4) is 0 Å². The lowest BCUT2D eigenvalue weighted by molar-refractivity contribution is 0.464. The van der Waals surface area contributed by atoms with Gasteiger partial charge in [0.25, 0.3) is 0 Å². The molecule has 0 amide bonds. The van der Waals surface area contributed by atoms with Crippen LogP contribution >= 0.6 is 0 Å². The molecule has 1 fully saturated rings. The van der Waals surface area contributed by atoms with Crippen molar-refractivity contribution in [1.82, 2.24) is 4.31 Å². The van der Waals surface area contributed by atoms with E-state index in [0.717, 1.165) is 12.0 Å². The molecule has 1 aromatic carbocycles. The van der Waals surface area contributed by atoms with Crippen LogP contribution in [-0.4, -0.2) is 33.9 Å². The summed E-state index contributed by atoms with van der Waals surface area (Å²) in [6, 6.07) is 11.1. The highest BCUT2D eigenvalue weighted by Gasteiger charge is 2.40. The summed E-state index contributed by atoms with van der Waals surface area (Å²) in [4.78, 5) is 0.423. The lowest BCUT2D eigenvalue weighted by Crippen LogP contribution is -2.36. The van der Waals surface area contributed by atoms with Crippen LogP contribution in [0, 0.1) is 12.8 Å². The second kappa shape index (κ2) is 9.73. The number of nitrogens with zero attached hydrogens (tertiary/aromatic N) is 1. The molecule has 1 atom stereocenters. The molecule has 28 heavy (non-hydrogen) atoms. The summed E-state index contributed by atoms with van der Waals surface area (Å²) < 4.78 is 28.2. The van der Waals surface area contributed by atoms with Crippen molar-refractivity contribution in [3.05, 3.63) is 40.6 Å². The van der Waals surface area contributed by atoms with Gasteiger partial charge in [0, 0.05) is 13.1 Å². The third-order valence-corrected chi connectivity index (χ3v) is 14.7. The van der Waals surface area contributed by atoms with Gasteiger partial charge in [0.2, 0.25) is 10.0 Å². The summed E-state index contributed by atoms with van der Waals surface area (Å²) in [5.74, 6) is 0.323. The Balaban J connectivity index is 2.45. The van der Waals surface area contributed by atoms with Gasteiger partial charge in [-0.05, 0) is 31.4 Å². The highest BCUT2D eigenvalue weighted by atomic mass is 32.2. The molecular formula is C23H39NO2SSi. The molecule has 1 unspecified atom stereocenters. The molecule has 0 radical (unpaired) electrons. The van der Waals surface area contributed by atoms with E-state index in [4.69, 9.17) is 0 Å². The molecule has 158 valence electrons. The van der Waals surface area contributed by atoms with Gasteiger partial charge in [0.05, 0.1) is 13.0 Å². The second-order valence-corrected chi connectivity index (χ2v) is 15.7. The van der Waals surface area contributed by atoms with Crippen molar-refractivity contribution in [2.75, 3.05) is 13.1 Å². The summed E-state index contributed by atoms with van der Waals surface area (Å²) in [6.45, 7) is 14.7. The van der Waals surface area contributed by atoms with Crippen molar-refractivity contribution in [1.29, 1.82) is 0 Å². The number of allylic oxidation sites excluding steroid dienone is 1. The summed E-state index contributed by atoms with van der Waals surface area (Å²) in [5.41, 5.74) is 2.53. The number of hydrogen-bond acceptors (Lipinski definition) is 2. The Bertz CT molecular complexity index is 771. The SMILES string of the molecule is CCCC/C(=C1\CN(S(=O)(=O)c2ccc(C)cc2)CC1C)[Si](CC)(CC)CC. The normalized spacial score (nSPS) is 20.6. The van der Waals surface area contributed by atoms with Gasteiger partial charge in [0.15, 0.2) is 0 Å². The van der Waals surface area contributed by atoms with E-state index >= 15 is 0 Å². The Labute approximate surface area is 174 Å². The number of aryl methyl sites for hydroxylation is 1. The van der Waals surface area contributed by atoms with Gasteiger partial charge in [0.1, 0.15) is 0 Å². The highest BCUT2D eigenvalue weighted by molar-refractivity contribution is 7.89. The van der Waals surface area contributed by atoms with Gasteiger partial charge >= 0.3 is 0 Å². The lowest BCUT2D eigenvalue weighted by Gasteiger charge is -2.34. The number of hydrogen-bond donors (Lipinski definition) is 0. The molecule has 0 saturated carbocycles. The molecule has 0 spiro atoms. The number of sulfonamides is 1. The van der Waals surface area contributed by atoms with E-state index in [-0.39, 0.29) is 0 Å². The molecule has 0 aromatic heterocycles. The third-order valence-electron chi connectivity index (χ3n) is 6.92. The van der Waals surface area contributed by atoms with Crippen molar-refractivity contribution in [3.63, 3.8) is 0 Å². The van der Waals surface area contributed by atoms with Crippen molar-refractivity contribution < 1.29 is 8.42 Å². The predicted octanol–water partition coefficient (Wildman–Crippen LogP) is 6.17. The smallest absolute Gasteiger partial charge is 0.207 e. The summed E-state index contributed by atoms with van der Waals surface area (Å²) >= 11 is 0. The summed E-state index contributed by atoms with van der Waals surface area (Å²) in [5, 5.41) is 1.69. The van der Waals surface area contributed by atoms with Crippen LogP contribution < -0.4 is 0 Å². The maximum Gasteiger partial charge on any atom is 0.243 e. The fourth-order valence-electron chi connectivity index (χ4n) is 4.77. The Morgan fingerprint density at radius 1 is 1.07 bits per heavy atom. The maximum atomic E-state index is 13.2. The minimum absolute atomic E-state index is 0.323. The molecule has 1 aliphatic heterocycles. The molecular weight excluding hydrogens is 382 g/mol. The number of rotatable bonds is 9. The zero-order valence-corrected chi connectivity index (χ0v) is 20.5. The van der Waals surface area contributed by atoms with Crippen LogP contribution in [-0.2, 0) is 10.0 Å². The first-order valence-electron chi connectivity index (χ1n) is 11.0. The minimum Gasteiger partial charge on any atom is -0.207 e. The maximum absolute atomic E-state index is 13.2. The fraction of sp³-hybridized carbons (Fsp3) is 0.652. The predicted molar refractivity (Wildman–Crippen MR) is 123 cm³/mol. The van der Waals surface area contributed by atoms with Gasteiger partial charge in [-0.25, -0.2) is 8.42 Å². The van der Waals surface area contributed by atoms with Gasteiger partial charge < -0.3 is 0 Å². The molecule has 5 heteroatoms. The van der Waals surface area contributed by atoms with Crippen LogP contribution in [0.1, 0.15) is 59.4 Å². The average molecular weight is 422 g/mol. The monoisotopic (exact) mass is 421 g/mol. The first-order valence-corrected chi connectivity index (χ1v) is 15.1. The molecule has 1 saturated heterocycles. The number of unbranched alkanes of at least 4 members (excludes halogenated alkanes) is 1. The minimum atomic E-state index is -3.43. The quantitative estimate of drug-likeness (QED) is 0.447. The molecule has 0 N–H and O–H groups in total. The molecule has 1 aromatic rings. The molecule has 3 nitrogen and oxygen atoms in total. The molecule has 1 heterocycles. The van der Waals surface area contributed by atoms with Gasteiger partial charge in [-0.2, -0.15) is 4.31 Å². The van der Waals surface area contributed by atoms with Crippen LogP contribution in [0.5, 0.6) is 0 Å². The molecule has 0 bridgehead atoms.